The first-order chi connectivity index (χ1) is 5.35. The molecular weight excluding hydrogens is 266 g/mol. The van der Waals surface area contributed by atoms with E-state index in [0.717, 1.165) is 0 Å². The molecule has 0 spiro atoms. The van der Waals surface area contributed by atoms with E-state index < -0.39 is 0 Å². The molecule has 0 aliphatic carbocycles. The van der Waals surface area contributed by atoms with E-state index in [1.807, 2.05) is 6.07 Å². The Morgan fingerprint density at radius 1 is 1.33 bits per heavy atom. The molecule has 0 atom stereocenters. The van der Waals surface area contributed by atoms with Crippen LogP contribution >= 0.6 is 23.7 Å². The summed E-state index contributed by atoms with van der Waals surface area (Å²) in [6.07, 6.45) is 3.19. The van der Waals surface area contributed by atoms with E-state index in [9.17, 15) is 0 Å². The van der Waals surface area contributed by atoms with E-state index in [2.05, 4.69) is 32.6 Å². The molecule has 1 rings (SSSR count). The molecule has 66 valence electrons. The van der Waals surface area contributed by atoms with Crippen LogP contribution in [-0.2, 0) is 3.84 Å². The van der Waals surface area contributed by atoms with Crippen molar-refractivity contribution in [3.8, 4) is 6.07 Å². The van der Waals surface area contributed by atoms with Crippen LogP contribution in [0.25, 0.3) is 0 Å². The monoisotopic (exact) mass is 272 g/mol. The minimum atomic E-state index is 0. The van der Waals surface area contributed by atoms with E-state index in [4.69, 9.17) is 5.26 Å². The van der Waals surface area contributed by atoms with Crippen LogP contribution in [0.15, 0.2) is 24.5 Å². The van der Waals surface area contributed by atoms with Gasteiger partial charge in [0.2, 0.25) is 0 Å². The number of halogens is 2. The van der Waals surface area contributed by atoms with Crippen LogP contribution in [0.5, 0.6) is 0 Å². The molecule has 0 aliphatic heterocycles. The van der Waals surface area contributed by atoms with Gasteiger partial charge in [-0.25, -0.2) is 0 Å². The molecule has 6 heteroatoms. The second kappa shape index (κ2) is 10.7. The quantitative estimate of drug-likeness (QED) is 0.670. The normalized spacial score (nSPS) is 6.75. The predicted octanol–water partition coefficient (Wildman–Crippen LogP) is 1.35. The molecule has 0 fully saturated rings. The average Bonchev–Trinajstić information content (AvgIpc) is 2.08. The maximum atomic E-state index is 8.26. The minimum absolute atomic E-state index is 0. The molecule has 0 radical (unpaired) electrons. The molecule has 0 N–H and O–H groups in total. The molecule has 3 nitrogen and oxygen atoms in total. The predicted molar refractivity (Wildman–Crippen MR) is 50.3 cm³/mol. The number of hydrogen-bond acceptors (Lipinski definition) is 3. The zero-order valence-corrected chi connectivity index (χ0v) is 9.48. The fourth-order valence-corrected chi connectivity index (χ4v) is 0.426. The van der Waals surface area contributed by atoms with E-state index >= 15 is 0 Å². The van der Waals surface area contributed by atoms with Gasteiger partial charge >= 0.3 is 17.1 Å². The van der Waals surface area contributed by atoms with Crippen molar-refractivity contribution in [3.63, 3.8) is 0 Å². The summed E-state index contributed by atoms with van der Waals surface area (Å²) < 4.78 is 3.19. The molecule has 0 saturated heterocycles. The van der Waals surface area contributed by atoms with Gasteiger partial charge in [-0.15, -0.1) is 0 Å². The number of nitrogens with zero attached hydrogens (tertiary/aromatic N) is 2. The van der Waals surface area contributed by atoms with Crippen molar-refractivity contribution >= 4 is 40.8 Å². The first-order valence-corrected chi connectivity index (χ1v) is 3.16. The first kappa shape index (κ1) is 14.2. The van der Waals surface area contributed by atoms with Gasteiger partial charge in [-0.1, -0.05) is 0 Å². The molecule has 0 bridgehead atoms. The molecule has 0 aromatic carbocycles. The second-order valence-electron chi connectivity index (χ2n) is 1.41. The maximum absolute atomic E-state index is 8.26. The Morgan fingerprint density at radius 3 is 2.00 bits per heavy atom. The number of pyridine rings is 1. The average molecular weight is 272 g/mol. The summed E-state index contributed by atoms with van der Waals surface area (Å²) in [7, 11) is 0. The van der Waals surface area contributed by atoms with Crippen molar-refractivity contribution < 1.29 is 3.84 Å². The Bertz CT molecular complexity index is 227. The first-order valence-electron chi connectivity index (χ1n) is 2.54. The van der Waals surface area contributed by atoms with Crippen molar-refractivity contribution in [1.29, 1.82) is 5.26 Å². The molecule has 0 amide bonds. The SMILES string of the molecule is ClOCl.N#Cc1ccncc1.[SeH2]. The van der Waals surface area contributed by atoms with Gasteiger partial charge in [-0.2, -0.15) is 9.10 Å². The van der Waals surface area contributed by atoms with Gasteiger partial charge in [0.25, 0.3) is 0 Å². The van der Waals surface area contributed by atoms with Crippen LogP contribution in [0.1, 0.15) is 5.56 Å². The third-order valence-corrected chi connectivity index (χ3v) is 0.809. The topological polar surface area (TPSA) is 45.9 Å². The molecule has 1 heterocycles. The summed E-state index contributed by atoms with van der Waals surface area (Å²) >= 11 is 8.53. The number of rotatable bonds is 0. The van der Waals surface area contributed by atoms with Gasteiger partial charge in [-0.05, 0) is 12.1 Å². The second-order valence-corrected chi connectivity index (χ2v) is 1.87. The van der Waals surface area contributed by atoms with Crippen LogP contribution in [0.2, 0.25) is 0 Å². The van der Waals surface area contributed by atoms with Gasteiger partial charge in [0.05, 0.1) is 35.4 Å². The van der Waals surface area contributed by atoms with Crippen LogP contribution in [0, 0.1) is 11.3 Å². The summed E-state index contributed by atoms with van der Waals surface area (Å²) in [6.45, 7) is 0. The van der Waals surface area contributed by atoms with Crippen LogP contribution < -0.4 is 0 Å². The Morgan fingerprint density at radius 2 is 1.75 bits per heavy atom. The molecule has 0 saturated carbocycles. The van der Waals surface area contributed by atoms with Crippen molar-refractivity contribution in [1.82, 2.24) is 4.98 Å². The fourth-order valence-electron chi connectivity index (χ4n) is 0.426. The molecule has 0 aliphatic rings. The molecule has 1 aromatic heterocycles. The summed E-state index contributed by atoms with van der Waals surface area (Å²) in [4.78, 5) is 3.74. The van der Waals surface area contributed by atoms with E-state index in [1.54, 1.807) is 24.5 Å². The number of aromatic nitrogens is 1. The standard InChI is InChI=1S/C6H4N2.Cl2O.H2Se/c7-5-6-1-3-8-4-2-6;1-3-2;/h1-4H;;1H2. The van der Waals surface area contributed by atoms with Crippen molar-refractivity contribution in [2.24, 2.45) is 0 Å². The van der Waals surface area contributed by atoms with Gasteiger partial charge in [0.15, 0.2) is 0 Å². The molecule has 1 aromatic rings. The Hall–Kier alpha value is -0.301. The van der Waals surface area contributed by atoms with Crippen LogP contribution in [0.4, 0.5) is 0 Å². The van der Waals surface area contributed by atoms with Gasteiger partial charge < -0.3 is 0 Å². The zero-order valence-electron chi connectivity index (χ0n) is 5.87. The number of nitriles is 1. The van der Waals surface area contributed by atoms with E-state index in [0.29, 0.717) is 5.56 Å². The third kappa shape index (κ3) is 7.80. The molecule has 0 unspecified atom stereocenters. The number of hydrogen-bond donors (Lipinski definition) is 0. The fraction of sp³-hybridized carbons (Fsp3) is 0. The summed E-state index contributed by atoms with van der Waals surface area (Å²) in [5.41, 5.74) is 0.653. The summed E-state index contributed by atoms with van der Waals surface area (Å²) in [5.74, 6) is 0. The zero-order chi connectivity index (χ0) is 8.53. The van der Waals surface area contributed by atoms with Gasteiger partial charge in [-0.3, -0.25) is 4.98 Å². The van der Waals surface area contributed by atoms with Crippen molar-refractivity contribution in [3.05, 3.63) is 30.1 Å². The van der Waals surface area contributed by atoms with Crippen molar-refractivity contribution in [2.75, 3.05) is 0 Å². The van der Waals surface area contributed by atoms with Crippen molar-refractivity contribution in [2.45, 2.75) is 0 Å². The summed E-state index contributed by atoms with van der Waals surface area (Å²) in [6, 6.07) is 5.32. The third-order valence-electron chi connectivity index (χ3n) is 0.809. The Labute approximate surface area is 91.1 Å². The van der Waals surface area contributed by atoms with Gasteiger partial charge in [0.1, 0.15) is 0 Å². The Kier molecular flexibility index (Phi) is 12.7. The summed E-state index contributed by atoms with van der Waals surface area (Å²) in [5, 5.41) is 8.26. The van der Waals surface area contributed by atoms with E-state index in [-0.39, 0.29) is 17.1 Å². The van der Waals surface area contributed by atoms with Gasteiger partial charge in [0, 0.05) is 12.4 Å². The Balaban J connectivity index is 0. The van der Waals surface area contributed by atoms with Crippen LogP contribution in [-0.4, -0.2) is 22.1 Å². The van der Waals surface area contributed by atoms with Crippen LogP contribution in [0.3, 0.4) is 0 Å². The molecule has 12 heavy (non-hydrogen) atoms. The van der Waals surface area contributed by atoms with E-state index in [1.165, 1.54) is 0 Å². The molecular formula is C6H6Cl2N2OSe.